The Morgan fingerprint density at radius 1 is 0.733 bits per heavy atom. The predicted octanol–water partition coefficient (Wildman–Crippen LogP) is 4.58. The molecule has 0 unspecified atom stereocenters. The van der Waals surface area contributed by atoms with Gasteiger partial charge in [0.05, 0.1) is 5.56 Å². The fourth-order valence-corrected chi connectivity index (χ4v) is 2.14. The zero-order valence-corrected chi connectivity index (χ0v) is 14.4. The number of halogens is 6. The maximum atomic E-state index is 12.2. The Kier molecular flexibility index (Phi) is 6.12. The Morgan fingerprint density at radius 2 is 1.13 bits per heavy atom. The molecule has 0 saturated heterocycles. The van der Waals surface area contributed by atoms with Crippen LogP contribution in [0.5, 0.6) is 11.5 Å². The van der Waals surface area contributed by atoms with E-state index >= 15 is 0 Å². The molecule has 0 fully saturated rings. The number of nitrogens with zero attached hydrogens (tertiary/aromatic N) is 2. The van der Waals surface area contributed by atoms with Crippen molar-refractivity contribution >= 4 is 5.97 Å². The molecule has 0 saturated carbocycles. The van der Waals surface area contributed by atoms with Crippen molar-refractivity contribution in [3.05, 3.63) is 59.7 Å². The first-order valence-electron chi connectivity index (χ1n) is 7.65. The molecule has 0 atom stereocenters. The van der Waals surface area contributed by atoms with Crippen molar-refractivity contribution in [3.63, 3.8) is 0 Å². The first-order valence-corrected chi connectivity index (χ1v) is 7.65. The first-order chi connectivity index (χ1) is 13.9. The fourth-order valence-electron chi connectivity index (χ4n) is 2.14. The minimum atomic E-state index is -4.96. The Bertz CT molecular complexity index is 972. The maximum Gasteiger partial charge on any atom is 0.573 e. The van der Waals surface area contributed by atoms with Gasteiger partial charge in [-0.1, -0.05) is 0 Å². The smallest absolute Gasteiger partial charge is 0.422 e. The third-order valence-corrected chi connectivity index (χ3v) is 3.38. The van der Waals surface area contributed by atoms with E-state index in [1.54, 1.807) is 0 Å². The van der Waals surface area contributed by atoms with E-state index in [0.29, 0.717) is 0 Å². The Hall–Kier alpha value is -3.93. The lowest BCUT2D eigenvalue weighted by atomic mass is 9.96. The van der Waals surface area contributed by atoms with E-state index in [0.717, 1.165) is 48.5 Å². The van der Waals surface area contributed by atoms with Crippen LogP contribution in [-0.4, -0.2) is 18.7 Å². The molecule has 30 heavy (non-hydrogen) atoms. The predicted molar refractivity (Wildman–Crippen MR) is 84.6 cm³/mol. The molecule has 0 aromatic heterocycles. The second-order valence-corrected chi connectivity index (χ2v) is 5.44. The summed E-state index contributed by atoms with van der Waals surface area (Å²) >= 11 is 0. The molecule has 0 aliphatic carbocycles. The van der Waals surface area contributed by atoms with Crippen LogP contribution in [0.4, 0.5) is 26.3 Å². The van der Waals surface area contributed by atoms with Crippen LogP contribution in [0.3, 0.4) is 0 Å². The third kappa shape index (κ3) is 5.78. The molecule has 2 rings (SSSR count). The van der Waals surface area contributed by atoms with Gasteiger partial charge < -0.3 is 14.2 Å². The van der Waals surface area contributed by atoms with Crippen molar-refractivity contribution in [1.82, 2.24) is 0 Å². The van der Waals surface area contributed by atoms with Gasteiger partial charge in [0.25, 0.3) is 0 Å². The van der Waals surface area contributed by atoms with Crippen LogP contribution < -0.4 is 9.47 Å². The summed E-state index contributed by atoms with van der Waals surface area (Å²) in [6.07, 6.45) is -9.90. The highest BCUT2D eigenvalue weighted by Crippen LogP contribution is 2.30. The summed E-state index contributed by atoms with van der Waals surface area (Å²) in [6, 6.07) is 9.80. The number of ether oxygens (including phenoxy) is 3. The summed E-state index contributed by atoms with van der Waals surface area (Å²) in [5, 5.41) is 18.7. The highest BCUT2D eigenvalue weighted by molar-refractivity contribution is 5.90. The standard InChI is InChI=1S/C18H8F6N2O4/c19-17(20,21)28-13-5-1-11(2-6-13)15(27)30-16(9-25,10-26)12-3-7-14(8-4-12)29-18(22,23)24/h1-8H. The molecule has 0 aliphatic heterocycles. The van der Waals surface area contributed by atoms with Gasteiger partial charge in [0.15, 0.2) is 0 Å². The largest absolute Gasteiger partial charge is 0.573 e. The Morgan fingerprint density at radius 3 is 1.50 bits per heavy atom. The summed E-state index contributed by atoms with van der Waals surface area (Å²) in [7, 11) is 0. The zero-order valence-electron chi connectivity index (χ0n) is 14.4. The number of rotatable bonds is 5. The summed E-state index contributed by atoms with van der Waals surface area (Å²) < 4.78 is 85.4. The normalized spacial score (nSPS) is 11.7. The van der Waals surface area contributed by atoms with Crippen molar-refractivity contribution < 1.29 is 45.3 Å². The Balaban J connectivity index is 2.23. The molecule has 2 aromatic carbocycles. The van der Waals surface area contributed by atoms with Crippen LogP contribution in [-0.2, 0) is 10.3 Å². The molecule has 0 bridgehead atoms. The lowest BCUT2D eigenvalue weighted by molar-refractivity contribution is -0.275. The highest BCUT2D eigenvalue weighted by atomic mass is 19.4. The average molecular weight is 430 g/mol. The number of nitriles is 2. The molecule has 0 aliphatic rings. The van der Waals surface area contributed by atoms with Crippen LogP contribution in [0.2, 0.25) is 0 Å². The molecule has 2 aromatic rings. The van der Waals surface area contributed by atoms with Gasteiger partial charge in [-0.2, -0.15) is 10.5 Å². The second kappa shape index (κ2) is 8.21. The summed E-state index contributed by atoms with van der Waals surface area (Å²) in [5.74, 6) is -2.50. The van der Waals surface area contributed by atoms with E-state index in [2.05, 4.69) is 9.47 Å². The number of hydrogen-bond donors (Lipinski definition) is 0. The summed E-state index contributed by atoms with van der Waals surface area (Å²) in [4.78, 5) is 12.2. The molecule has 0 N–H and O–H groups in total. The SMILES string of the molecule is N#CC(C#N)(OC(=O)c1ccc(OC(F)(F)F)cc1)c1ccc(OC(F)(F)F)cc1. The number of esters is 1. The average Bonchev–Trinajstić information content (AvgIpc) is 2.65. The Labute approximate surface area is 164 Å². The van der Waals surface area contributed by atoms with Crippen LogP contribution in [0.15, 0.2) is 48.5 Å². The van der Waals surface area contributed by atoms with Crippen LogP contribution in [0, 0.1) is 22.7 Å². The number of carbonyl (C=O) groups excluding carboxylic acids is 1. The number of carbonyl (C=O) groups is 1. The zero-order chi connectivity index (χ0) is 22.6. The highest BCUT2D eigenvalue weighted by Gasteiger charge is 2.38. The van der Waals surface area contributed by atoms with E-state index in [-0.39, 0.29) is 11.1 Å². The van der Waals surface area contributed by atoms with E-state index in [9.17, 15) is 41.7 Å². The van der Waals surface area contributed by atoms with Gasteiger partial charge in [0.2, 0.25) is 0 Å². The molecule has 12 heteroatoms. The van der Waals surface area contributed by atoms with Crippen molar-refractivity contribution in [3.8, 4) is 23.6 Å². The first kappa shape index (κ1) is 22.4. The second-order valence-electron chi connectivity index (χ2n) is 5.44. The monoisotopic (exact) mass is 430 g/mol. The van der Waals surface area contributed by atoms with Gasteiger partial charge in [-0.25, -0.2) is 4.79 Å². The van der Waals surface area contributed by atoms with Crippen molar-refractivity contribution in [1.29, 1.82) is 10.5 Å². The van der Waals surface area contributed by atoms with Gasteiger partial charge in [0, 0.05) is 5.56 Å². The molecule has 0 spiro atoms. The van der Waals surface area contributed by atoms with Gasteiger partial charge in [-0.05, 0) is 48.5 Å². The summed E-state index contributed by atoms with van der Waals surface area (Å²) in [5.41, 5.74) is -3.11. The number of alkyl halides is 6. The lowest BCUT2D eigenvalue weighted by Gasteiger charge is -2.20. The van der Waals surface area contributed by atoms with Crippen molar-refractivity contribution in [2.24, 2.45) is 0 Å². The lowest BCUT2D eigenvalue weighted by Crippen LogP contribution is -2.29. The van der Waals surface area contributed by atoms with E-state index in [1.165, 1.54) is 12.1 Å². The molecule has 0 amide bonds. The van der Waals surface area contributed by atoms with Crippen molar-refractivity contribution in [2.75, 3.05) is 0 Å². The van der Waals surface area contributed by atoms with Crippen molar-refractivity contribution in [2.45, 2.75) is 18.3 Å². The molecule has 0 heterocycles. The third-order valence-electron chi connectivity index (χ3n) is 3.38. The molecule has 0 radical (unpaired) electrons. The molecule has 6 nitrogen and oxygen atoms in total. The molecule has 156 valence electrons. The number of hydrogen-bond acceptors (Lipinski definition) is 6. The van der Waals surface area contributed by atoms with Crippen LogP contribution in [0.25, 0.3) is 0 Å². The topological polar surface area (TPSA) is 92.3 Å². The van der Waals surface area contributed by atoms with Gasteiger partial charge in [0.1, 0.15) is 23.6 Å². The molecular weight excluding hydrogens is 422 g/mol. The number of benzene rings is 2. The van der Waals surface area contributed by atoms with Gasteiger partial charge in [-0.15, -0.1) is 26.3 Å². The minimum absolute atomic E-state index is 0.271. The fraction of sp³-hybridized carbons (Fsp3) is 0.167. The van der Waals surface area contributed by atoms with E-state index < -0.39 is 35.8 Å². The minimum Gasteiger partial charge on any atom is -0.422 e. The van der Waals surface area contributed by atoms with Crippen LogP contribution >= 0.6 is 0 Å². The van der Waals surface area contributed by atoms with Gasteiger partial charge in [-0.3, -0.25) is 0 Å². The summed E-state index contributed by atoms with van der Waals surface area (Å²) in [6.45, 7) is 0. The van der Waals surface area contributed by atoms with Crippen LogP contribution in [0.1, 0.15) is 15.9 Å². The maximum absolute atomic E-state index is 12.2. The van der Waals surface area contributed by atoms with E-state index in [4.69, 9.17) is 4.74 Å². The van der Waals surface area contributed by atoms with Gasteiger partial charge >= 0.3 is 24.3 Å². The quantitative estimate of drug-likeness (QED) is 0.509. The molecular formula is C18H8F6N2O4. The van der Waals surface area contributed by atoms with E-state index in [1.807, 2.05) is 0 Å².